The Kier molecular flexibility index (Phi) is 6.39. The predicted octanol–water partition coefficient (Wildman–Crippen LogP) is 5.35. The van der Waals surface area contributed by atoms with Gasteiger partial charge in [0.1, 0.15) is 17.9 Å². The quantitative estimate of drug-likeness (QED) is 0.370. The zero-order chi connectivity index (χ0) is 22.7. The highest BCUT2D eigenvalue weighted by molar-refractivity contribution is 9.10. The minimum atomic E-state index is -0.823. The molecule has 0 bridgehead atoms. The second-order valence-corrected chi connectivity index (χ2v) is 8.27. The van der Waals surface area contributed by atoms with E-state index in [1.807, 2.05) is 24.3 Å². The largest absolute Gasteiger partial charge is 0.489 e. The Balaban J connectivity index is 1.51. The standard InChI is InChI=1S/C24H16BrClN2O4/c25-17-8-4-16(5-9-17)14-32-20-10-6-15(7-11-20)12-21-22(29)27-24(31)28(23(21)30)19-3-1-2-18(26)13-19/h1-13H,14H2,(H,27,29,31)/b21-12+. The predicted molar refractivity (Wildman–Crippen MR) is 125 cm³/mol. The average molecular weight is 512 g/mol. The Morgan fingerprint density at radius 2 is 1.69 bits per heavy atom. The second kappa shape index (κ2) is 9.38. The maximum Gasteiger partial charge on any atom is 0.335 e. The Morgan fingerprint density at radius 1 is 0.969 bits per heavy atom. The summed E-state index contributed by atoms with van der Waals surface area (Å²) in [5.41, 5.74) is 1.75. The van der Waals surface area contributed by atoms with Crippen LogP contribution in [0, 0.1) is 0 Å². The number of barbiturate groups is 1. The number of ether oxygens (including phenoxy) is 1. The van der Waals surface area contributed by atoms with Crippen molar-refractivity contribution >= 4 is 57.1 Å². The van der Waals surface area contributed by atoms with E-state index < -0.39 is 17.8 Å². The molecule has 0 radical (unpaired) electrons. The molecule has 1 N–H and O–H groups in total. The number of urea groups is 1. The van der Waals surface area contributed by atoms with Crippen molar-refractivity contribution < 1.29 is 19.1 Å². The Labute approximate surface area is 197 Å². The first kappa shape index (κ1) is 21.8. The van der Waals surface area contributed by atoms with Gasteiger partial charge in [-0.05, 0) is 59.7 Å². The molecule has 0 unspecified atom stereocenters. The number of imide groups is 2. The van der Waals surface area contributed by atoms with Crippen molar-refractivity contribution in [3.8, 4) is 5.75 Å². The van der Waals surface area contributed by atoms with Crippen LogP contribution < -0.4 is 15.0 Å². The first-order valence-electron chi connectivity index (χ1n) is 9.55. The van der Waals surface area contributed by atoms with Crippen molar-refractivity contribution in [3.05, 3.63) is 99.0 Å². The van der Waals surface area contributed by atoms with Gasteiger partial charge >= 0.3 is 6.03 Å². The number of rotatable bonds is 5. The lowest BCUT2D eigenvalue weighted by Crippen LogP contribution is -2.54. The average Bonchev–Trinajstić information content (AvgIpc) is 2.77. The molecule has 32 heavy (non-hydrogen) atoms. The topological polar surface area (TPSA) is 75.7 Å². The molecule has 1 fully saturated rings. The molecule has 3 aromatic carbocycles. The summed E-state index contributed by atoms with van der Waals surface area (Å²) in [7, 11) is 0. The molecule has 3 aromatic rings. The maximum absolute atomic E-state index is 12.9. The van der Waals surface area contributed by atoms with E-state index in [-0.39, 0.29) is 11.3 Å². The highest BCUT2D eigenvalue weighted by atomic mass is 79.9. The van der Waals surface area contributed by atoms with Crippen LogP contribution in [0.1, 0.15) is 11.1 Å². The number of nitrogens with zero attached hydrogens (tertiary/aromatic N) is 1. The summed E-state index contributed by atoms with van der Waals surface area (Å²) in [6, 6.07) is 20.2. The molecule has 4 rings (SSSR count). The van der Waals surface area contributed by atoms with Gasteiger partial charge in [-0.25, -0.2) is 9.69 Å². The normalized spacial score (nSPS) is 15.1. The second-order valence-electron chi connectivity index (χ2n) is 6.92. The van der Waals surface area contributed by atoms with E-state index in [1.54, 1.807) is 42.5 Å². The fourth-order valence-electron chi connectivity index (χ4n) is 3.08. The zero-order valence-electron chi connectivity index (χ0n) is 16.5. The number of benzene rings is 3. The van der Waals surface area contributed by atoms with E-state index in [1.165, 1.54) is 12.1 Å². The van der Waals surface area contributed by atoms with Gasteiger partial charge in [0.15, 0.2) is 0 Å². The van der Waals surface area contributed by atoms with Gasteiger partial charge in [0.25, 0.3) is 11.8 Å². The van der Waals surface area contributed by atoms with Gasteiger partial charge in [0, 0.05) is 9.50 Å². The molecule has 0 saturated carbocycles. The third-order valence-electron chi connectivity index (χ3n) is 4.68. The van der Waals surface area contributed by atoms with Crippen molar-refractivity contribution in [2.75, 3.05) is 4.90 Å². The Morgan fingerprint density at radius 3 is 2.38 bits per heavy atom. The molecule has 1 heterocycles. The first-order chi connectivity index (χ1) is 15.4. The van der Waals surface area contributed by atoms with E-state index in [0.29, 0.717) is 22.9 Å². The summed E-state index contributed by atoms with van der Waals surface area (Å²) in [5.74, 6) is -0.837. The van der Waals surface area contributed by atoms with Crippen LogP contribution in [0.5, 0.6) is 5.75 Å². The van der Waals surface area contributed by atoms with E-state index in [0.717, 1.165) is 14.9 Å². The van der Waals surface area contributed by atoms with Crippen LogP contribution in [-0.2, 0) is 16.2 Å². The van der Waals surface area contributed by atoms with Crippen molar-refractivity contribution in [2.24, 2.45) is 0 Å². The van der Waals surface area contributed by atoms with Crippen LogP contribution in [0.25, 0.3) is 6.08 Å². The first-order valence-corrected chi connectivity index (χ1v) is 10.7. The Bertz CT molecular complexity index is 1220. The number of hydrogen-bond donors (Lipinski definition) is 1. The lowest BCUT2D eigenvalue weighted by Gasteiger charge is -2.26. The summed E-state index contributed by atoms with van der Waals surface area (Å²) in [5, 5.41) is 2.55. The molecule has 1 aliphatic rings. The molecule has 0 aromatic heterocycles. The molecule has 0 aliphatic carbocycles. The fourth-order valence-corrected chi connectivity index (χ4v) is 3.53. The van der Waals surface area contributed by atoms with Crippen LogP contribution in [0.4, 0.5) is 10.5 Å². The monoisotopic (exact) mass is 510 g/mol. The molecular formula is C24H16BrClN2O4. The third-order valence-corrected chi connectivity index (χ3v) is 5.44. The molecule has 160 valence electrons. The van der Waals surface area contributed by atoms with Crippen molar-refractivity contribution in [1.29, 1.82) is 0 Å². The smallest absolute Gasteiger partial charge is 0.335 e. The molecule has 1 aliphatic heterocycles. The summed E-state index contributed by atoms with van der Waals surface area (Å²) < 4.78 is 6.77. The lowest BCUT2D eigenvalue weighted by atomic mass is 10.1. The van der Waals surface area contributed by atoms with E-state index in [2.05, 4.69) is 21.2 Å². The number of amides is 4. The molecule has 6 nitrogen and oxygen atoms in total. The molecule has 8 heteroatoms. The van der Waals surface area contributed by atoms with Crippen molar-refractivity contribution in [1.82, 2.24) is 5.32 Å². The minimum Gasteiger partial charge on any atom is -0.489 e. The maximum atomic E-state index is 12.9. The summed E-state index contributed by atoms with van der Waals surface area (Å²) in [4.78, 5) is 38.4. The van der Waals surface area contributed by atoms with Gasteiger partial charge in [-0.2, -0.15) is 0 Å². The van der Waals surface area contributed by atoms with E-state index in [4.69, 9.17) is 16.3 Å². The van der Waals surface area contributed by atoms with Crippen LogP contribution >= 0.6 is 27.5 Å². The molecule has 0 atom stereocenters. The third kappa shape index (κ3) is 4.90. The van der Waals surface area contributed by atoms with Gasteiger partial charge in [-0.15, -0.1) is 0 Å². The highest BCUT2D eigenvalue weighted by Gasteiger charge is 2.36. The number of hydrogen-bond acceptors (Lipinski definition) is 4. The Hall–Kier alpha value is -3.42. The van der Waals surface area contributed by atoms with Crippen molar-refractivity contribution in [2.45, 2.75) is 6.61 Å². The number of anilines is 1. The van der Waals surface area contributed by atoms with Gasteiger partial charge in [-0.3, -0.25) is 14.9 Å². The molecule has 4 amide bonds. The minimum absolute atomic E-state index is 0.159. The summed E-state index contributed by atoms with van der Waals surface area (Å²) >= 11 is 9.37. The molecule has 0 spiro atoms. The van der Waals surface area contributed by atoms with Crippen molar-refractivity contribution in [3.63, 3.8) is 0 Å². The van der Waals surface area contributed by atoms with Crippen LogP contribution in [0.3, 0.4) is 0 Å². The van der Waals surface area contributed by atoms with E-state index in [9.17, 15) is 14.4 Å². The molecular weight excluding hydrogens is 496 g/mol. The highest BCUT2D eigenvalue weighted by Crippen LogP contribution is 2.25. The van der Waals surface area contributed by atoms with Gasteiger partial charge in [-0.1, -0.05) is 57.9 Å². The summed E-state index contributed by atoms with van der Waals surface area (Å²) in [6.45, 7) is 0.408. The zero-order valence-corrected chi connectivity index (χ0v) is 18.9. The number of carbonyl (C=O) groups is 3. The van der Waals surface area contributed by atoms with Crippen LogP contribution in [-0.4, -0.2) is 17.8 Å². The number of carbonyl (C=O) groups excluding carboxylic acids is 3. The lowest BCUT2D eigenvalue weighted by molar-refractivity contribution is -0.122. The van der Waals surface area contributed by atoms with E-state index >= 15 is 0 Å². The molecule has 1 saturated heterocycles. The van der Waals surface area contributed by atoms with Crippen LogP contribution in [0.2, 0.25) is 5.02 Å². The number of halogens is 2. The van der Waals surface area contributed by atoms with Gasteiger partial charge < -0.3 is 4.74 Å². The summed E-state index contributed by atoms with van der Waals surface area (Å²) in [6.07, 6.45) is 1.43. The van der Waals surface area contributed by atoms with Crippen LogP contribution in [0.15, 0.2) is 82.8 Å². The van der Waals surface area contributed by atoms with Gasteiger partial charge in [0.05, 0.1) is 5.69 Å². The fraction of sp³-hybridized carbons (Fsp3) is 0.0417. The van der Waals surface area contributed by atoms with Gasteiger partial charge in [0.2, 0.25) is 0 Å². The SMILES string of the molecule is O=C1NC(=O)N(c2cccc(Cl)c2)C(=O)/C1=C/c1ccc(OCc2ccc(Br)cc2)cc1. The number of nitrogens with one attached hydrogen (secondary N) is 1.